The van der Waals surface area contributed by atoms with Gasteiger partial charge in [-0.05, 0) is 36.5 Å². The molecule has 0 N–H and O–H groups in total. The maximum absolute atomic E-state index is 4.74. The number of rotatable bonds is 2. The molecule has 0 aliphatic heterocycles. The van der Waals surface area contributed by atoms with Gasteiger partial charge in [0, 0.05) is 13.0 Å². The van der Waals surface area contributed by atoms with Gasteiger partial charge in [-0.25, -0.2) is 4.98 Å². The van der Waals surface area contributed by atoms with Crippen molar-refractivity contribution in [2.75, 3.05) is 0 Å². The molecule has 1 aliphatic carbocycles. The smallest absolute Gasteiger partial charge is 0.112 e. The maximum atomic E-state index is 4.74. The molecule has 84 valence electrons. The molecular formula is C14H18N2. The molecule has 0 spiro atoms. The first-order chi connectivity index (χ1) is 7.66. The average molecular weight is 214 g/mol. The van der Waals surface area contributed by atoms with E-state index in [2.05, 4.69) is 43.7 Å². The monoisotopic (exact) mass is 214 g/mol. The maximum Gasteiger partial charge on any atom is 0.112 e. The molecule has 0 unspecified atom stereocenters. The minimum Gasteiger partial charge on any atom is -0.331 e. The Hall–Kier alpha value is -1.31. The molecule has 0 bridgehead atoms. The second kappa shape index (κ2) is 3.34. The lowest BCUT2D eigenvalue weighted by Gasteiger charge is -2.05. The van der Waals surface area contributed by atoms with E-state index in [1.807, 2.05) is 0 Å². The van der Waals surface area contributed by atoms with Gasteiger partial charge in [-0.3, -0.25) is 0 Å². The Bertz CT molecular complexity index is 533. The zero-order valence-electron chi connectivity index (χ0n) is 10.2. The van der Waals surface area contributed by atoms with E-state index in [1.165, 1.54) is 29.7 Å². The van der Waals surface area contributed by atoms with Gasteiger partial charge < -0.3 is 4.57 Å². The van der Waals surface area contributed by atoms with E-state index in [4.69, 9.17) is 4.98 Å². The minimum absolute atomic E-state index is 0.587. The fraction of sp³-hybridized carbons (Fsp3) is 0.500. The highest BCUT2D eigenvalue weighted by Gasteiger charge is 2.28. The molecule has 1 aromatic heterocycles. The van der Waals surface area contributed by atoms with E-state index in [0.29, 0.717) is 5.92 Å². The lowest BCUT2D eigenvalue weighted by molar-refractivity contribution is 0.817. The van der Waals surface area contributed by atoms with E-state index in [-0.39, 0.29) is 0 Å². The zero-order valence-corrected chi connectivity index (χ0v) is 10.2. The van der Waals surface area contributed by atoms with E-state index in [1.54, 1.807) is 0 Å². The summed E-state index contributed by atoms with van der Waals surface area (Å²) in [6, 6.07) is 6.66. The Morgan fingerprint density at radius 3 is 2.69 bits per heavy atom. The molecule has 0 amide bonds. The summed E-state index contributed by atoms with van der Waals surface area (Å²) in [6.45, 7) is 4.47. The molecule has 3 rings (SSSR count). The third kappa shape index (κ3) is 1.44. The highest BCUT2D eigenvalue weighted by molar-refractivity contribution is 5.77. The van der Waals surface area contributed by atoms with Crippen molar-refractivity contribution in [3.63, 3.8) is 0 Å². The quantitative estimate of drug-likeness (QED) is 0.747. The Morgan fingerprint density at radius 1 is 1.31 bits per heavy atom. The van der Waals surface area contributed by atoms with Gasteiger partial charge in [0.05, 0.1) is 11.0 Å². The molecule has 0 radical (unpaired) electrons. The van der Waals surface area contributed by atoms with Crippen LogP contribution in [0.1, 0.15) is 49.9 Å². The predicted octanol–water partition coefficient (Wildman–Crippen LogP) is 3.57. The van der Waals surface area contributed by atoms with Crippen molar-refractivity contribution in [1.82, 2.24) is 9.55 Å². The number of aryl methyl sites for hydroxylation is 1. The topological polar surface area (TPSA) is 17.8 Å². The summed E-state index contributed by atoms with van der Waals surface area (Å²) < 4.78 is 2.28. The molecule has 1 fully saturated rings. The second-order valence-electron chi connectivity index (χ2n) is 5.21. The number of hydrogen-bond acceptors (Lipinski definition) is 1. The molecule has 1 heterocycles. The molecule has 1 aromatic carbocycles. The fourth-order valence-corrected chi connectivity index (χ4v) is 2.29. The molecular weight excluding hydrogens is 196 g/mol. The molecule has 16 heavy (non-hydrogen) atoms. The number of nitrogens with zero attached hydrogens (tertiary/aromatic N) is 2. The van der Waals surface area contributed by atoms with Crippen LogP contribution in [0.2, 0.25) is 0 Å². The molecule has 2 nitrogen and oxygen atoms in total. The van der Waals surface area contributed by atoms with Crippen LogP contribution in [0, 0.1) is 0 Å². The van der Waals surface area contributed by atoms with E-state index in [0.717, 1.165) is 11.4 Å². The number of hydrogen-bond donors (Lipinski definition) is 0. The molecule has 1 saturated carbocycles. The number of benzene rings is 1. The van der Waals surface area contributed by atoms with Gasteiger partial charge in [-0.1, -0.05) is 19.9 Å². The zero-order chi connectivity index (χ0) is 11.3. The lowest BCUT2D eigenvalue weighted by Crippen LogP contribution is -1.95. The van der Waals surface area contributed by atoms with Gasteiger partial charge in [0.25, 0.3) is 0 Å². The van der Waals surface area contributed by atoms with E-state index < -0.39 is 0 Å². The van der Waals surface area contributed by atoms with Crippen LogP contribution >= 0.6 is 0 Å². The van der Waals surface area contributed by atoms with Crippen LogP contribution in [0.3, 0.4) is 0 Å². The number of aromatic nitrogens is 2. The minimum atomic E-state index is 0.587. The molecule has 0 atom stereocenters. The van der Waals surface area contributed by atoms with Gasteiger partial charge in [0.15, 0.2) is 0 Å². The van der Waals surface area contributed by atoms with Crippen molar-refractivity contribution >= 4 is 11.0 Å². The summed E-state index contributed by atoms with van der Waals surface area (Å²) in [6.07, 6.45) is 2.63. The third-order valence-corrected chi connectivity index (χ3v) is 3.55. The fourth-order valence-electron chi connectivity index (χ4n) is 2.29. The van der Waals surface area contributed by atoms with Crippen molar-refractivity contribution in [3.8, 4) is 0 Å². The summed E-state index contributed by atoms with van der Waals surface area (Å²) >= 11 is 0. The van der Waals surface area contributed by atoms with Crippen LogP contribution in [0.5, 0.6) is 0 Å². The highest BCUT2D eigenvalue weighted by atomic mass is 15.1. The summed E-state index contributed by atoms with van der Waals surface area (Å²) in [7, 11) is 2.15. The summed E-state index contributed by atoms with van der Waals surface area (Å²) in [4.78, 5) is 4.74. The third-order valence-electron chi connectivity index (χ3n) is 3.55. The molecule has 1 aliphatic rings. The van der Waals surface area contributed by atoms with Crippen molar-refractivity contribution < 1.29 is 0 Å². The first-order valence-corrected chi connectivity index (χ1v) is 6.13. The van der Waals surface area contributed by atoms with Crippen LogP contribution in [-0.4, -0.2) is 9.55 Å². The van der Waals surface area contributed by atoms with Crippen molar-refractivity contribution in [2.45, 2.75) is 38.5 Å². The van der Waals surface area contributed by atoms with Crippen LogP contribution in [0.15, 0.2) is 18.2 Å². The van der Waals surface area contributed by atoms with Crippen molar-refractivity contribution in [3.05, 3.63) is 29.6 Å². The molecule has 2 heteroatoms. The number of fused-ring (bicyclic) bond motifs is 1. The Labute approximate surface area is 96.3 Å². The molecule has 2 aromatic rings. The van der Waals surface area contributed by atoms with Gasteiger partial charge in [0.2, 0.25) is 0 Å². The van der Waals surface area contributed by atoms with Gasteiger partial charge in [-0.2, -0.15) is 0 Å². The Morgan fingerprint density at radius 2 is 2.06 bits per heavy atom. The first kappa shape index (κ1) is 9.88. The number of imidazole rings is 1. The Kier molecular flexibility index (Phi) is 2.06. The highest BCUT2D eigenvalue weighted by Crippen LogP contribution is 2.40. The van der Waals surface area contributed by atoms with Gasteiger partial charge in [-0.15, -0.1) is 0 Å². The summed E-state index contributed by atoms with van der Waals surface area (Å²) in [5, 5.41) is 0. The van der Waals surface area contributed by atoms with Gasteiger partial charge in [0.1, 0.15) is 5.82 Å². The SMILES string of the molecule is CC(C)c1ccc2nc(C3CC3)n(C)c2c1. The lowest BCUT2D eigenvalue weighted by atomic mass is 10.0. The van der Waals surface area contributed by atoms with Crippen LogP contribution in [0.25, 0.3) is 11.0 Å². The molecule has 0 saturated heterocycles. The predicted molar refractivity (Wildman–Crippen MR) is 66.8 cm³/mol. The van der Waals surface area contributed by atoms with Gasteiger partial charge >= 0.3 is 0 Å². The summed E-state index contributed by atoms with van der Waals surface area (Å²) in [5.41, 5.74) is 3.83. The Balaban J connectivity index is 2.18. The standard InChI is InChI=1S/C14H18N2/c1-9(2)11-6-7-12-13(8-11)16(3)14(15-12)10-4-5-10/h6-10H,4-5H2,1-3H3. The largest absolute Gasteiger partial charge is 0.331 e. The van der Waals surface area contributed by atoms with E-state index >= 15 is 0 Å². The average Bonchev–Trinajstić information content (AvgIpc) is 3.04. The first-order valence-electron chi connectivity index (χ1n) is 6.13. The van der Waals surface area contributed by atoms with E-state index in [9.17, 15) is 0 Å². The normalized spacial score (nSPS) is 16.2. The van der Waals surface area contributed by atoms with Crippen LogP contribution < -0.4 is 0 Å². The van der Waals surface area contributed by atoms with Crippen molar-refractivity contribution in [2.24, 2.45) is 7.05 Å². The summed E-state index contributed by atoms with van der Waals surface area (Å²) in [5.74, 6) is 2.58. The van der Waals surface area contributed by atoms with Crippen molar-refractivity contribution in [1.29, 1.82) is 0 Å². The second-order valence-corrected chi connectivity index (χ2v) is 5.21. The van der Waals surface area contributed by atoms with Crippen LogP contribution in [-0.2, 0) is 7.05 Å². The van der Waals surface area contributed by atoms with Crippen LogP contribution in [0.4, 0.5) is 0 Å².